The number of aromatic nitrogens is 1. The molecule has 0 saturated carbocycles. The number of aryl methyl sites for hydroxylation is 1. The summed E-state index contributed by atoms with van der Waals surface area (Å²) >= 11 is 1.62. The molecule has 0 aliphatic rings. The van der Waals surface area contributed by atoms with E-state index >= 15 is 0 Å². The molecule has 0 aliphatic heterocycles. The molecule has 1 aromatic heterocycles. The normalized spacial score (nSPS) is 13.2. The second-order valence-corrected chi connectivity index (χ2v) is 4.66. The van der Waals surface area contributed by atoms with Crippen LogP contribution in [0.15, 0.2) is 5.38 Å². The number of anilines is 1. The van der Waals surface area contributed by atoms with Gasteiger partial charge < -0.3 is 10.4 Å². The third-order valence-corrected chi connectivity index (χ3v) is 3.06. The summed E-state index contributed by atoms with van der Waals surface area (Å²) in [4.78, 5) is 4.34. The van der Waals surface area contributed by atoms with Crippen molar-refractivity contribution in [1.29, 1.82) is 0 Å². The highest BCUT2D eigenvalue weighted by Crippen LogP contribution is 2.19. The molecule has 1 aromatic rings. The average Bonchev–Trinajstić information content (AvgIpc) is 2.50. The standard InChI is InChI=1S/C10H18N2OS/c1-7(2)9(4-5-13)12-10-11-8(3)6-14-10/h6-7,9,13H,4-5H2,1-3H3,(H,11,12). The molecule has 0 amide bonds. The zero-order chi connectivity index (χ0) is 10.6. The first kappa shape index (κ1) is 11.5. The number of hydrogen-bond donors (Lipinski definition) is 2. The zero-order valence-electron chi connectivity index (χ0n) is 8.95. The van der Waals surface area contributed by atoms with E-state index in [2.05, 4.69) is 24.1 Å². The Kier molecular flexibility index (Phi) is 4.35. The summed E-state index contributed by atoms with van der Waals surface area (Å²) < 4.78 is 0. The molecule has 1 atom stereocenters. The maximum atomic E-state index is 8.91. The number of rotatable bonds is 5. The topological polar surface area (TPSA) is 45.1 Å². The minimum Gasteiger partial charge on any atom is -0.396 e. The van der Waals surface area contributed by atoms with E-state index in [1.807, 2.05) is 12.3 Å². The summed E-state index contributed by atoms with van der Waals surface area (Å²) in [5, 5.41) is 15.2. The molecular formula is C10H18N2OS. The van der Waals surface area contributed by atoms with Gasteiger partial charge in [0.25, 0.3) is 0 Å². The van der Waals surface area contributed by atoms with Crippen LogP contribution in [-0.2, 0) is 0 Å². The van der Waals surface area contributed by atoms with E-state index in [0.29, 0.717) is 12.0 Å². The molecule has 0 bridgehead atoms. The van der Waals surface area contributed by atoms with Crippen molar-refractivity contribution in [3.05, 3.63) is 11.1 Å². The fraction of sp³-hybridized carbons (Fsp3) is 0.700. The predicted molar refractivity (Wildman–Crippen MR) is 60.8 cm³/mol. The third-order valence-electron chi connectivity index (χ3n) is 2.17. The second kappa shape index (κ2) is 5.32. The van der Waals surface area contributed by atoms with Crippen molar-refractivity contribution in [3.63, 3.8) is 0 Å². The van der Waals surface area contributed by atoms with Crippen LogP contribution in [0, 0.1) is 12.8 Å². The van der Waals surface area contributed by atoms with Crippen molar-refractivity contribution in [1.82, 2.24) is 4.98 Å². The third kappa shape index (κ3) is 3.27. The van der Waals surface area contributed by atoms with Gasteiger partial charge in [0, 0.05) is 18.0 Å². The molecule has 80 valence electrons. The fourth-order valence-corrected chi connectivity index (χ4v) is 2.04. The van der Waals surface area contributed by atoms with Crippen LogP contribution < -0.4 is 5.32 Å². The van der Waals surface area contributed by atoms with Crippen molar-refractivity contribution in [2.45, 2.75) is 33.2 Å². The Morgan fingerprint density at radius 3 is 2.71 bits per heavy atom. The molecule has 1 heterocycles. The van der Waals surface area contributed by atoms with Gasteiger partial charge in [-0.25, -0.2) is 4.98 Å². The van der Waals surface area contributed by atoms with Crippen LogP contribution in [0.5, 0.6) is 0 Å². The minimum absolute atomic E-state index is 0.222. The van der Waals surface area contributed by atoms with E-state index in [-0.39, 0.29) is 6.61 Å². The van der Waals surface area contributed by atoms with E-state index in [4.69, 9.17) is 5.11 Å². The van der Waals surface area contributed by atoms with Gasteiger partial charge in [-0.05, 0) is 19.3 Å². The Labute approximate surface area is 89.2 Å². The molecule has 1 unspecified atom stereocenters. The largest absolute Gasteiger partial charge is 0.396 e. The van der Waals surface area contributed by atoms with E-state index < -0.39 is 0 Å². The van der Waals surface area contributed by atoms with Gasteiger partial charge in [0.05, 0.1) is 5.69 Å². The average molecular weight is 214 g/mol. The highest BCUT2D eigenvalue weighted by Gasteiger charge is 2.13. The highest BCUT2D eigenvalue weighted by molar-refractivity contribution is 7.13. The molecule has 4 heteroatoms. The lowest BCUT2D eigenvalue weighted by Gasteiger charge is -2.20. The molecule has 0 spiro atoms. The smallest absolute Gasteiger partial charge is 0.183 e. The van der Waals surface area contributed by atoms with Gasteiger partial charge in [0.1, 0.15) is 0 Å². The number of nitrogens with zero attached hydrogens (tertiary/aromatic N) is 1. The van der Waals surface area contributed by atoms with Crippen molar-refractivity contribution < 1.29 is 5.11 Å². The van der Waals surface area contributed by atoms with Crippen LogP contribution in [0.1, 0.15) is 26.0 Å². The number of aliphatic hydroxyl groups excluding tert-OH is 1. The summed E-state index contributed by atoms with van der Waals surface area (Å²) in [7, 11) is 0. The van der Waals surface area contributed by atoms with Gasteiger partial charge >= 0.3 is 0 Å². The number of aliphatic hydroxyl groups is 1. The van der Waals surface area contributed by atoms with E-state index in [0.717, 1.165) is 17.2 Å². The van der Waals surface area contributed by atoms with Gasteiger partial charge in [-0.2, -0.15) is 0 Å². The first-order chi connectivity index (χ1) is 6.63. The lowest BCUT2D eigenvalue weighted by atomic mass is 10.0. The molecule has 0 saturated heterocycles. The Bertz CT molecular complexity index is 273. The monoisotopic (exact) mass is 214 g/mol. The number of hydrogen-bond acceptors (Lipinski definition) is 4. The van der Waals surface area contributed by atoms with Gasteiger partial charge in [-0.1, -0.05) is 13.8 Å². The van der Waals surface area contributed by atoms with Crippen molar-refractivity contribution in [3.8, 4) is 0 Å². The maximum Gasteiger partial charge on any atom is 0.183 e. The summed E-state index contributed by atoms with van der Waals surface area (Å²) in [5.74, 6) is 0.506. The van der Waals surface area contributed by atoms with Crippen LogP contribution in [0.4, 0.5) is 5.13 Å². The van der Waals surface area contributed by atoms with Crippen LogP contribution in [-0.4, -0.2) is 22.7 Å². The Hall–Kier alpha value is -0.610. The molecule has 1 rings (SSSR count). The van der Waals surface area contributed by atoms with Crippen LogP contribution in [0.2, 0.25) is 0 Å². The zero-order valence-corrected chi connectivity index (χ0v) is 9.77. The molecule has 2 N–H and O–H groups in total. The van der Waals surface area contributed by atoms with E-state index in [9.17, 15) is 0 Å². The highest BCUT2D eigenvalue weighted by atomic mass is 32.1. The summed E-state index contributed by atoms with van der Waals surface area (Å²) in [5.41, 5.74) is 1.05. The van der Waals surface area contributed by atoms with Gasteiger partial charge in [0.15, 0.2) is 5.13 Å². The van der Waals surface area contributed by atoms with Gasteiger partial charge in [-0.15, -0.1) is 11.3 Å². The Morgan fingerprint density at radius 2 is 2.29 bits per heavy atom. The summed E-state index contributed by atoms with van der Waals surface area (Å²) in [6.07, 6.45) is 0.774. The van der Waals surface area contributed by atoms with Gasteiger partial charge in [0.2, 0.25) is 0 Å². The molecular weight excluding hydrogens is 196 g/mol. The first-order valence-electron chi connectivity index (χ1n) is 4.93. The molecule has 0 radical (unpaired) electrons. The summed E-state index contributed by atoms with van der Waals surface area (Å²) in [6.45, 7) is 6.50. The number of thiazole rings is 1. The van der Waals surface area contributed by atoms with Crippen LogP contribution in [0.25, 0.3) is 0 Å². The quantitative estimate of drug-likeness (QED) is 0.790. The fourth-order valence-electron chi connectivity index (χ4n) is 1.29. The molecule has 0 aromatic carbocycles. The predicted octanol–water partition coefficient (Wildman–Crippen LogP) is 2.27. The van der Waals surface area contributed by atoms with E-state index in [1.54, 1.807) is 11.3 Å². The second-order valence-electron chi connectivity index (χ2n) is 3.80. The molecule has 0 fully saturated rings. The Morgan fingerprint density at radius 1 is 1.57 bits per heavy atom. The minimum atomic E-state index is 0.222. The maximum absolute atomic E-state index is 8.91. The van der Waals surface area contributed by atoms with Crippen LogP contribution >= 0.6 is 11.3 Å². The molecule has 3 nitrogen and oxygen atoms in total. The first-order valence-corrected chi connectivity index (χ1v) is 5.81. The van der Waals surface area contributed by atoms with Gasteiger partial charge in [-0.3, -0.25) is 0 Å². The number of nitrogens with one attached hydrogen (secondary N) is 1. The lowest BCUT2D eigenvalue weighted by Crippen LogP contribution is -2.26. The van der Waals surface area contributed by atoms with Crippen molar-refractivity contribution >= 4 is 16.5 Å². The van der Waals surface area contributed by atoms with Crippen LogP contribution in [0.3, 0.4) is 0 Å². The Balaban J connectivity index is 2.55. The van der Waals surface area contributed by atoms with Crippen molar-refractivity contribution in [2.75, 3.05) is 11.9 Å². The van der Waals surface area contributed by atoms with E-state index in [1.165, 1.54) is 0 Å². The molecule has 0 aliphatic carbocycles. The summed E-state index contributed by atoms with van der Waals surface area (Å²) in [6, 6.07) is 0.311. The SMILES string of the molecule is Cc1csc(NC(CCO)C(C)C)n1. The van der Waals surface area contributed by atoms with Crippen molar-refractivity contribution in [2.24, 2.45) is 5.92 Å². The molecule has 14 heavy (non-hydrogen) atoms. The lowest BCUT2D eigenvalue weighted by molar-refractivity contribution is 0.267.